The van der Waals surface area contributed by atoms with Crippen LogP contribution in [0.25, 0.3) is 0 Å². The molecule has 0 radical (unpaired) electrons. The number of anilines is 1. The summed E-state index contributed by atoms with van der Waals surface area (Å²) in [5.41, 5.74) is 0.638. The standard InChI is InChI=1S/C14H14FN3O3S/c1-4-21-13(20)11-8(2)17-14(22-11)18(3)12(19)9-5-6-16-10(15)7-9/h5-7H,4H2,1-3H3. The van der Waals surface area contributed by atoms with Gasteiger partial charge in [-0.3, -0.25) is 9.69 Å². The van der Waals surface area contributed by atoms with E-state index in [1.54, 1.807) is 13.8 Å². The summed E-state index contributed by atoms with van der Waals surface area (Å²) in [6.45, 7) is 3.63. The quantitative estimate of drug-likeness (QED) is 0.638. The van der Waals surface area contributed by atoms with Crippen molar-refractivity contribution in [2.45, 2.75) is 13.8 Å². The minimum Gasteiger partial charge on any atom is -0.462 e. The number of ether oxygens (including phenoxy) is 1. The van der Waals surface area contributed by atoms with Crippen LogP contribution in [0.3, 0.4) is 0 Å². The SMILES string of the molecule is CCOC(=O)c1sc(N(C)C(=O)c2ccnc(F)c2)nc1C. The molecule has 0 fully saturated rings. The van der Waals surface area contributed by atoms with Crippen LogP contribution in [-0.2, 0) is 4.74 Å². The van der Waals surface area contributed by atoms with E-state index in [0.717, 1.165) is 17.4 Å². The number of pyridine rings is 1. The lowest BCUT2D eigenvalue weighted by atomic mass is 10.2. The van der Waals surface area contributed by atoms with E-state index in [1.165, 1.54) is 24.2 Å². The monoisotopic (exact) mass is 323 g/mol. The summed E-state index contributed by atoms with van der Waals surface area (Å²) in [5.74, 6) is -1.65. The lowest BCUT2D eigenvalue weighted by Crippen LogP contribution is -2.26. The Bertz CT molecular complexity index is 717. The van der Waals surface area contributed by atoms with Crippen LogP contribution in [-0.4, -0.2) is 35.5 Å². The number of hydrogen-bond donors (Lipinski definition) is 0. The lowest BCUT2D eigenvalue weighted by Gasteiger charge is -2.13. The zero-order valence-electron chi connectivity index (χ0n) is 12.3. The van der Waals surface area contributed by atoms with E-state index in [2.05, 4.69) is 9.97 Å². The van der Waals surface area contributed by atoms with E-state index in [9.17, 15) is 14.0 Å². The second kappa shape index (κ2) is 6.61. The van der Waals surface area contributed by atoms with Crippen molar-refractivity contribution >= 4 is 28.3 Å². The number of aryl methyl sites for hydroxylation is 1. The summed E-state index contributed by atoms with van der Waals surface area (Å²) in [6.07, 6.45) is 1.22. The topological polar surface area (TPSA) is 72.4 Å². The van der Waals surface area contributed by atoms with Crippen LogP contribution >= 0.6 is 11.3 Å². The number of nitrogens with zero attached hydrogens (tertiary/aromatic N) is 3. The van der Waals surface area contributed by atoms with Crippen molar-refractivity contribution in [1.29, 1.82) is 0 Å². The van der Waals surface area contributed by atoms with Gasteiger partial charge in [0.1, 0.15) is 4.88 Å². The normalized spacial score (nSPS) is 10.4. The lowest BCUT2D eigenvalue weighted by molar-refractivity contribution is 0.0531. The van der Waals surface area contributed by atoms with Gasteiger partial charge in [-0.25, -0.2) is 14.8 Å². The third-order valence-corrected chi connectivity index (χ3v) is 4.03. The van der Waals surface area contributed by atoms with Crippen LogP contribution in [0.1, 0.15) is 32.6 Å². The van der Waals surface area contributed by atoms with Crippen molar-refractivity contribution in [3.05, 3.63) is 40.4 Å². The Morgan fingerprint density at radius 2 is 2.18 bits per heavy atom. The highest BCUT2D eigenvalue weighted by Gasteiger charge is 2.22. The predicted molar refractivity (Wildman–Crippen MR) is 79.7 cm³/mol. The molecule has 0 spiro atoms. The van der Waals surface area contributed by atoms with Gasteiger partial charge in [-0.1, -0.05) is 11.3 Å². The zero-order valence-corrected chi connectivity index (χ0v) is 13.1. The Hall–Kier alpha value is -2.35. The van der Waals surface area contributed by atoms with Crippen LogP contribution in [0, 0.1) is 12.9 Å². The van der Waals surface area contributed by atoms with Gasteiger partial charge in [0.25, 0.3) is 5.91 Å². The first-order chi connectivity index (χ1) is 10.4. The molecule has 0 N–H and O–H groups in total. The van der Waals surface area contributed by atoms with Gasteiger partial charge in [0.15, 0.2) is 5.13 Å². The van der Waals surface area contributed by atoms with Crippen molar-refractivity contribution in [2.75, 3.05) is 18.6 Å². The predicted octanol–water partition coefficient (Wildman–Crippen LogP) is 2.44. The third-order valence-electron chi connectivity index (χ3n) is 2.81. The van der Waals surface area contributed by atoms with E-state index in [4.69, 9.17) is 4.74 Å². The summed E-state index contributed by atoms with van der Waals surface area (Å²) in [6, 6.07) is 2.46. The highest BCUT2D eigenvalue weighted by molar-refractivity contribution is 7.17. The van der Waals surface area contributed by atoms with E-state index in [0.29, 0.717) is 15.7 Å². The molecular formula is C14H14FN3O3S. The molecule has 0 aliphatic rings. The van der Waals surface area contributed by atoms with Crippen LogP contribution < -0.4 is 4.90 Å². The maximum absolute atomic E-state index is 13.1. The molecule has 1 amide bonds. The molecule has 22 heavy (non-hydrogen) atoms. The number of hydrogen-bond acceptors (Lipinski definition) is 6. The van der Waals surface area contributed by atoms with Crippen molar-refractivity contribution < 1.29 is 18.7 Å². The number of amides is 1. The molecule has 0 saturated heterocycles. The number of carbonyl (C=O) groups is 2. The van der Waals surface area contributed by atoms with Gasteiger partial charge in [0.05, 0.1) is 12.3 Å². The number of thiazole rings is 1. The molecule has 2 aromatic rings. The fraction of sp³-hybridized carbons (Fsp3) is 0.286. The summed E-state index contributed by atoms with van der Waals surface area (Å²) < 4.78 is 18.0. The number of esters is 1. The number of carbonyl (C=O) groups excluding carboxylic acids is 2. The summed E-state index contributed by atoms with van der Waals surface area (Å²) in [5, 5.41) is 0.336. The number of aromatic nitrogens is 2. The van der Waals surface area contributed by atoms with Crippen molar-refractivity contribution in [3.63, 3.8) is 0 Å². The Morgan fingerprint density at radius 1 is 1.45 bits per heavy atom. The highest BCUT2D eigenvalue weighted by atomic mass is 32.1. The molecular weight excluding hydrogens is 309 g/mol. The van der Waals surface area contributed by atoms with E-state index >= 15 is 0 Å². The number of rotatable bonds is 4. The van der Waals surface area contributed by atoms with Gasteiger partial charge in [0, 0.05) is 24.9 Å². The van der Waals surface area contributed by atoms with Crippen LogP contribution in [0.4, 0.5) is 9.52 Å². The molecule has 6 nitrogen and oxygen atoms in total. The first-order valence-electron chi connectivity index (χ1n) is 6.48. The maximum Gasteiger partial charge on any atom is 0.350 e. The Kier molecular flexibility index (Phi) is 4.81. The molecule has 0 saturated carbocycles. The van der Waals surface area contributed by atoms with E-state index in [-0.39, 0.29) is 12.2 Å². The van der Waals surface area contributed by atoms with Gasteiger partial charge in [-0.15, -0.1) is 0 Å². The average molecular weight is 323 g/mol. The Morgan fingerprint density at radius 3 is 2.82 bits per heavy atom. The smallest absolute Gasteiger partial charge is 0.350 e. The maximum atomic E-state index is 13.1. The molecule has 8 heteroatoms. The molecule has 0 atom stereocenters. The van der Waals surface area contributed by atoms with Crippen molar-refractivity contribution in [3.8, 4) is 0 Å². The van der Waals surface area contributed by atoms with Crippen LogP contribution in [0.15, 0.2) is 18.3 Å². The first-order valence-corrected chi connectivity index (χ1v) is 7.29. The first kappa shape index (κ1) is 16.0. The largest absolute Gasteiger partial charge is 0.462 e. The number of halogens is 1. The van der Waals surface area contributed by atoms with Crippen molar-refractivity contribution in [2.24, 2.45) is 0 Å². The Labute approximate surface area is 130 Å². The molecule has 0 aliphatic heterocycles. The fourth-order valence-electron chi connectivity index (χ4n) is 1.73. The fourth-order valence-corrected chi connectivity index (χ4v) is 2.65. The third kappa shape index (κ3) is 3.28. The minimum absolute atomic E-state index is 0.153. The molecule has 2 heterocycles. The summed E-state index contributed by atoms with van der Waals surface area (Å²) >= 11 is 1.05. The van der Waals surface area contributed by atoms with Gasteiger partial charge in [-0.2, -0.15) is 4.39 Å². The van der Waals surface area contributed by atoms with Gasteiger partial charge in [-0.05, 0) is 19.9 Å². The van der Waals surface area contributed by atoms with Crippen molar-refractivity contribution in [1.82, 2.24) is 9.97 Å². The Balaban J connectivity index is 2.26. The highest BCUT2D eigenvalue weighted by Crippen LogP contribution is 2.27. The molecule has 2 aromatic heterocycles. The van der Waals surface area contributed by atoms with Gasteiger partial charge in [0.2, 0.25) is 5.95 Å². The zero-order chi connectivity index (χ0) is 16.3. The second-order valence-corrected chi connectivity index (χ2v) is 5.34. The molecule has 0 aromatic carbocycles. The molecule has 2 rings (SSSR count). The van der Waals surface area contributed by atoms with Gasteiger partial charge >= 0.3 is 5.97 Å². The molecule has 116 valence electrons. The molecule has 0 unspecified atom stereocenters. The summed E-state index contributed by atoms with van der Waals surface area (Å²) in [4.78, 5) is 33.3. The summed E-state index contributed by atoms with van der Waals surface area (Å²) in [7, 11) is 1.51. The van der Waals surface area contributed by atoms with E-state index in [1.807, 2.05) is 0 Å². The van der Waals surface area contributed by atoms with Gasteiger partial charge < -0.3 is 4.74 Å². The molecule has 0 bridgehead atoms. The second-order valence-electron chi connectivity index (χ2n) is 4.36. The minimum atomic E-state index is -0.734. The average Bonchev–Trinajstić information content (AvgIpc) is 2.88. The van der Waals surface area contributed by atoms with E-state index < -0.39 is 17.8 Å². The van der Waals surface area contributed by atoms with Crippen LogP contribution in [0.2, 0.25) is 0 Å². The molecule has 0 aliphatic carbocycles. The van der Waals surface area contributed by atoms with Crippen LogP contribution in [0.5, 0.6) is 0 Å².